The van der Waals surface area contributed by atoms with Gasteiger partial charge in [0.2, 0.25) is 0 Å². The van der Waals surface area contributed by atoms with Crippen LogP contribution in [0.25, 0.3) is 10.8 Å². The van der Waals surface area contributed by atoms with Gasteiger partial charge in [-0.15, -0.1) is 0 Å². The van der Waals surface area contributed by atoms with Crippen LogP contribution in [-0.2, 0) is 0 Å². The van der Waals surface area contributed by atoms with Crippen LogP contribution in [-0.4, -0.2) is 22.8 Å². The molecule has 102 valence electrons. The highest BCUT2D eigenvalue weighted by Crippen LogP contribution is 2.30. The van der Waals surface area contributed by atoms with Crippen LogP contribution < -0.4 is 11.1 Å². The SMILES string of the molecule is Nc1ccc(NCCSC(F)(F)F)c2cnccc12. The number of aromatic nitrogens is 1. The van der Waals surface area contributed by atoms with E-state index in [1.54, 1.807) is 30.6 Å². The average Bonchev–Trinajstić information content (AvgIpc) is 2.36. The predicted octanol–water partition coefficient (Wildman–Crippen LogP) is 3.48. The third-order valence-electron chi connectivity index (χ3n) is 2.54. The van der Waals surface area contributed by atoms with E-state index in [0.29, 0.717) is 5.69 Å². The van der Waals surface area contributed by atoms with Gasteiger partial charge >= 0.3 is 5.51 Å². The molecule has 0 unspecified atom stereocenters. The number of halogens is 3. The predicted molar refractivity (Wildman–Crippen MR) is 73.2 cm³/mol. The lowest BCUT2D eigenvalue weighted by atomic mass is 10.1. The Hall–Kier alpha value is -1.63. The molecule has 1 heterocycles. The summed E-state index contributed by atoms with van der Waals surface area (Å²) < 4.78 is 36.0. The van der Waals surface area contributed by atoms with E-state index in [1.807, 2.05) is 0 Å². The molecule has 0 saturated carbocycles. The van der Waals surface area contributed by atoms with Crippen LogP contribution in [0.15, 0.2) is 30.6 Å². The second-order valence-corrected chi connectivity index (χ2v) is 5.00. The van der Waals surface area contributed by atoms with E-state index in [-0.39, 0.29) is 24.1 Å². The van der Waals surface area contributed by atoms with Gasteiger partial charge in [0.25, 0.3) is 0 Å². The molecular weight excluding hydrogens is 275 g/mol. The molecule has 0 amide bonds. The van der Waals surface area contributed by atoms with Crippen LogP contribution in [0.2, 0.25) is 0 Å². The van der Waals surface area contributed by atoms with E-state index in [4.69, 9.17) is 5.73 Å². The molecule has 0 bridgehead atoms. The van der Waals surface area contributed by atoms with Gasteiger partial charge in [-0.05, 0) is 30.0 Å². The van der Waals surface area contributed by atoms with Gasteiger partial charge in [0, 0.05) is 46.8 Å². The minimum atomic E-state index is -4.19. The zero-order valence-electron chi connectivity index (χ0n) is 9.87. The molecule has 7 heteroatoms. The van der Waals surface area contributed by atoms with Crippen molar-refractivity contribution in [3.63, 3.8) is 0 Å². The molecule has 3 nitrogen and oxygen atoms in total. The standard InChI is InChI=1S/C12H12F3N3S/c13-12(14,15)19-6-5-18-11-2-1-10(16)8-3-4-17-7-9(8)11/h1-4,7,18H,5-6,16H2. The van der Waals surface area contributed by atoms with Crippen LogP contribution in [0.3, 0.4) is 0 Å². The topological polar surface area (TPSA) is 50.9 Å². The Labute approximate surface area is 112 Å². The monoisotopic (exact) mass is 287 g/mol. The molecule has 0 spiro atoms. The molecule has 0 saturated heterocycles. The van der Waals surface area contributed by atoms with E-state index >= 15 is 0 Å². The highest BCUT2D eigenvalue weighted by molar-refractivity contribution is 8.00. The van der Waals surface area contributed by atoms with Crippen molar-refractivity contribution in [2.45, 2.75) is 5.51 Å². The number of nitrogens with one attached hydrogen (secondary N) is 1. The number of nitrogens with zero attached hydrogens (tertiary/aromatic N) is 1. The molecule has 0 radical (unpaired) electrons. The highest BCUT2D eigenvalue weighted by atomic mass is 32.2. The molecule has 0 atom stereocenters. The van der Waals surface area contributed by atoms with Gasteiger partial charge in [-0.3, -0.25) is 4.98 Å². The summed E-state index contributed by atoms with van der Waals surface area (Å²) in [6.45, 7) is 0.220. The second kappa shape index (κ2) is 5.56. The van der Waals surface area contributed by atoms with Crippen molar-refractivity contribution in [2.24, 2.45) is 0 Å². The fraction of sp³-hybridized carbons (Fsp3) is 0.250. The molecule has 0 aliphatic rings. The van der Waals surface area contributed by atoms with Crippen molar-refractivity contribution >= 4 is 33.9 Å². The highest BCUT2D eigenvalue weighted by Gasteiger charge is 2.27. The summed E-state index contributed by atoms with van der Waals surface area (Å²) in [6, 6.07) is 5.25. The second-order valence-electron chi connectivity index (χ2n) is 3.84. The van der Waals surface area contributed by atoms with Crippen molar-refractivity contribution < 1.29 is 13.2 Å². The average molecular weight is 287 g/mol. The number of nitrogens with two attached hydrogens (primary N) is 1. The summed E-state index contributed by atoms with van der Waals surface area (Å²) in [4.78, 5) is 4.00. The first kappa shape index (κ1) is 13.8. The molecule has 19 heavy (non-hydrogen) atoms. The number of hydrogen-bond acceptors (Lipinski definition) is 4. The number of pyridine rings is 1. The fourth-order valence-electron chi connectivity index (χ4n) is 1.72. The number of alkyl halides is 3. The number of hydrogen-bond donors (Lipinski definition) is 2. The van der Waals surface area contributed by atoms with Gasteiger partial charge in [0.1, 0.15) is 0 Å². The molecule has 0 fully saturated rings. The molecule has 0 aliphatic carbocycles. The van der Waals surface area contributed by atoms with Gasteiger partial charge in [-0.2, -0.15) is 13.2 Å². The number of rotatable bonds is 4. The quantitative estimate of drug-likeness (QED) is 0.667. The molecule has 2 rings (SSSR count). The molecule has 2 aromatic rings. The molecule has 1 aromatic carbocycles. The van der Waals surface area contributed by atoms with Crippen molar-refractivity contribution in [3.05, 3.63) is 30.6 Å². The van der Waals surface area contributed by atoms with E-state index in [0.717, 1.165) is 16.5 Å². The maximum absolute atomic E-state index is 12.0. The van der Waals surface area contributed by atoms with Gasteiger partial charge in [-0.25, -0.2) is 0 Å². The zero-order valence-corrected chi connectivity index (χ0v) is 10.7. The Balaban J connectivity index is 2.07. The minimum Gasteiger partial charge on any atom is -0.398 e. The first-order valence-electron chi connectivity index (χ1n) is 5.54. The molecule has 3 N–H and O–H groups in total. The number of fused-ring (bicyclic) bond motifs is 1. The minimum absolute atomic E-state index is 0.0415. The number of thioether (sulfide) groups is 1. The summed E-state index contributed by atoms with van der Waals surface area (Å²) in [5.74, 6) is -0.0460. The van der Waals surface area contributed by atoms with Gasteiger partial charge in [-0.1, -0.05) is 0 Å². The van der Waals surface area contributed by atoms with Gasteiger partial charge in [0.05, 0.1) is 0 Å². The van der Waals surface area contributed by atoms with Crippen LogP contribution >= 0.6 is 11.8 Å². The summed E-state index contributed by atoms with van der Waals surface area (Å²) in [5.41, 5.74) is 2.99. The number of benzene rings is 1. The normalized spacial score (nSPS) is 11.7. The van der Waals surface area contributed by atoms with Gasteiger partial charge < -0.3 is 11.1 Å². The van der Waals surface area contributed by atoms with Gasteiger partial charge in [0.15, 0.2) is 0 Å². The smallest absolute Gasteiger partial charge is 0.398 e. The largest absolute Gasteiger partial charge is 0.441 e. The van der Waals surface area contributed by atoms with Crippen LogP contribution in [0.1, 0.15) is 0 Å². The lowest BCUT2D eigenvalue weighted by molar-refractivity contribution is -0.0327. The van der Waals surface area contributed by atoms with Crippen molar-refractivity contribution in [1.82, 2.24) is 4.98 Å². The van der Waals surface area contributed by atoms with Crippen LogP contribution in [0.4, 0.5) is 24.5 Å². The van der Waals surface area contributed by atoms with Crippen LogP contribution in [0.5, 0.6) is 0 Å². The molecule has 0 aliphatic heterocycles. The first-order chi connectivity index (χ1) is 8.97. The molecule has 1 aromatic heterocycles. The van der Waals surface area contributed by atoms with Crippen LogP contribution in [0, 0.1) is 0 Å². The number of nitrogen functional groups attached to an aromatic ring is 1. The Morgan fingerprint density at radius 2 is 2.00 bits per heavy atom. The fourth-order valence-corrected chi connectivity index (χ4v) is 2.16. The maximum Gasteiger partial charge on any atom is 0.441 e. The Morgan fingerprint density at radius 3 is 2.74 bits per heavy atom. The summed E-state index contributed by atoms with van der Waals surface area (Å²) in [6.07, 6.45) is 3.27. The Morgan fingerprint density at radius 1 is 1.21 bits per heavy atom. The van der Waals surface area contributed by atoms with E-state index in [2.05, 4.69) is 10.3 Å². The van der Waals surface area contributed by atoms with Crippen molar-refractivity contribution in [1.29, 1.82) is 0 Å². The number of anilines is 2. The summed E-state index contributed by atoms with van der Waals surface area (Å²) in [7, 11) is 0. The summed E-state index contributed by atoms with van der Waals surface area (Å²) >= 11 is -0.0415. The Bertz CT molecular complexity index is 572. The maximum atomic E-state index is 12.0. The third-order valence-corrected chi connectivity index (χ3v) is 3.27. The third kappa shape index (κ3) is 3.66. The van der Waals surface area contributed by atoms with Crippen molar-refractivity contribution in [2.75, 3.05) is 23.3 Å². The Kier molecular flexibility index (Phi) is 4.04. The lowest BCUT2D eigenvalue weighted by Gasteiger charge is -2.11. The van der Waals surface area contributed by atoms with E-state index < -0.39 is 5.51 Å². The molecular formula is C12H12F3N3S. The zero-order chi connectivity index (χ0) is 13.9. The van der Waals surface area contributed by atoms with Crippen molar-refractivity contribution in [3.8, 4) is 0 Å². The first-order valence-corrected chi connectivity index (χ1v) is 6.53. The lowest BCUT2D eigenvalue weighted by Crippen LogP contribution is -2.09. The summed E-state index contributed by atoms with van der Waals surface area (Å²) in [5, 5.41) is 4.61. The van der Waals surface area contributed by atoms with E-state index in [1.165, 1.54) is 0 Å². The van der Waals surface area contributed by atoms with E-state index in [9.17, 15) is 13.2 Å².